The second-order valence-corrected chi connectivity index (χ2v) is 7.66. The summed E-state index contributed by atoms with van der Waals surface area (Å²) in [6.07, 6.45) is 8.52. The van der Waals surface area contributed by atoms with E-state index in [4.69, 9.17) is 0 Å². The average Bonchev–Trinajstić information content (AvgIpc) is 2.35. The molecule has 0 saturated heterocycles. The molecule has 20 heavy (non-hydrogen) atoms. The van der Waals surface area contributed by atoms with E-state index in [1.807, 2.05) is 0 Å². The average molecular weight is 278 g/mol. The van der Waals surface area contributed by atoms with Crippen molar-refractivity contribution >= 4 is 11.8 Å². The van der Waals surface area contributed by atoms with Crippen LogP contribution in [0.3, 0.4) is 0 Å². The minimum absolute atomic E-state index is 0.169. The molecule has 0 atom stereocenters. The minimum Gasteiger partial charge on any atom is -0.359 e. The van der Waals surface area contributed by atoms with Crippen LogP contribution in [0.15, 0.2) is 0 Å². The summed E-state index contributed by atoms with van der Waals surface area (Å²) in [4.78, 5) is 23.8. The van der Waals surface area contributed by atoms with Gasteiger partial charge in [0.2, 0.25) is 11.8 Å². The molecule has 0 aromatic carbocycles. The van der Waals surface area contributed by atoms with E-state index < -0.39 is 0 Å². The van der Waals surface area contributed by atoms with Gasteiger partial charge in [0.25, 0.3) is 0 Å². The van der Waals surface area contributed by atoms with Crippen LogP contribution in [-0.2, 0) is 9.59 Å². The minimum atomic E-state index is 0.169. The van der Waals surface area contributed by atoms with Crippen molar-refractivity contribution in [3.8, 4) is 0 Å². The SMILES string of the molecule is CNC(=O)CC12CC3CC(C1)CC(CC(=O)NC)(C3)C2. The highest BCUT2D eigenvalue weighted by Crippen LogP contribution is 2.67. The predicted octanol–water partition coefficient (Wildman–Crippen LogP) is 1.85. The molecule has 4 bridgehead atoms. The van der Waals surface area contributed by atoms with Crippen LogP contribution in [-0.4, -0.2) is 25.9 Å². The Morgan fingerprint density at radius 3 is 1.65 bits per heavy atom. The van der Waals surface area contributed by atoms with Gasteiger partial charge in [-0.2, -0.15) is 0 Å². The molecule has 4 nitrogen and oxygen atoms in total. The van der Waals surface area contributed by atoms with Gasteiger partial charge in [0.15, 0.2) is 0 Å². The fraction of sp³-hybridized carbons (Fsp3) is 0.875. The Kier molecular flexibility index (Phi) is 3.30. The normalized spacial score (nSPS) is 41.5. The topological polar surface area (TPSA) is 58.2 Å². The van der Waals surface area contributed by atoms with Crippen molar-refractivity contribution < 1.29 is 9.59 Å². The van der Waals surface area contributed by atoms with Crippen LogP contribution in [0.1, 0.15) is 51.4 Å². The summed E-state index contributed by atoms with van der Waals surface area (Å²) in [5.74, 6) is 1.82. The van der Waals surface area contributed by atoms with Gasteiger partial charge in [0, 0.05) is 26.9 Å². The Morgan fingerprint density at radius 1 is 0.900 bits per heavy atom. The van der Waals surface area contributed by atoms with Crippen LogP contribution in [0.4, 0.5) is 0 Å². The summed E-state index contributed by atoms with van der Waals surface area (Å²) in [7, 11) is 3.45. The third-order valence-electron chi connectivity index (χ3n) is 5.93. The zero-order valence-corrected chi connectivity index (χ0v) is 12.6. The number of carbonyl (C=O) groups excluding carboxylic acids is 2. The molecular weight excluding hydrogens is 252 g/mol. The molecule has 0 heterocycles. The molecule has 2 amide bonds. The molecule has 112 valence electrons. The lowest BCUT2D eigenvalue weighted by molar-refractivity contribution is -0.145. The third kappa shape index (κ3) is 2.33. The standard InChI is InChI=1S/C16H26N2O2/c1-17-13(19)8-15-4-11-3-12(5-15)7-16(6-11,10-15)9-14(20)18-2/h11-12H,3-10H2,1-2H3,(H,17,19)(H,18,20). The Balaban J connectivity index is 1.81. The van der Waals surface area contributed by atoms with E-state index in [2.05, 4.69) is 10.6 Å². The molecule has 4 rings (SSSR count). The van der Waals surface area contributed by atoms with Crippen LogP contribution < -0.4 is 10.6 Å². The molecule has 0 unspecified atom stereocenters. The zero-order valence-electron chi connectivity index (χ0n) is 12.6. The summed E-state index contributed by atoms with van der Waals surface area (Å²) in [6.45, 7) is 0. The van der Waals surface area contributed by atoms with Crippen molar-refractivity contribution in [3.05, 3.63) is 0 Å². The monoisotopic (exact) mass is 278 g/mol. The number of nitrogens with one attached hydrogen (secondary N) is 2. The maximum Gasteiger partial charge on any atom is 0.220 e. The molecule has 0 aromatic heterocycles. The highest BCUT2D eigenvalue weighted by atomic mass is 16.2. The van der Waals surface area contributed by atoms with Crippen molar-refractivity contribution in [3.63, 3.8) is 0 Å². The first-order valence-electron chi connectivity index (χ1n) is 7.89. The van der Waals surface area contributed by atoms with E-state index in [1.165, 1.54) is 32.1 Å². The first-order chi connectivity index (χ1) is 9.48. The molecule has 0 aliphatic heterocycles. The van der Waals surface area contributed by atoms with Crippen molar-refractivity contribution in [2.24, 2.45) is 22.7 Å². The van der Waals surface area contributed by atoms with Gasteiger partial charge in [-0.3, -0.25) is 9.59 Å². The van der Waals surface area contributed by atoms with Crippen LogP contribution >= 0.6 is 0 Å². The summed E-state index contributed by atoms with van der Waals surface area (Å²) in [5.41, 5.74) is 0.358. The number of rotatable bonds is 4. The fourth-order valence-corrected chi connectivity index (χ4v) is 5.92. The number of carbonyl (C=O) groups is 2. The van der Waals surface area contributed by atoms with Gasteiger partial charge in [0.05, 0.1) is 0 Å². The summed E-state index contributed by atoms with van der Waals surface area (Å²) in [6, 6.07) is 0. The first kappa shape index (κ1) is 13.9. The van der Waals surface area contributed by atoms with E-state index in [0.29, 0.717) is 12.8 Å². The predicted molar refractivity (Wildman–Crippen MR) is 76.9 cm³/mol. The maximum absolute atomic E-state index is 11.9. The highest BCUT2D eigenvalue weighted by Gasteiger charge is 2.58. The first-order valence-corrected chi connectivity index (χ1v) is 7.89. The Morgan fingerprint density at radius 2 is 1.30 bits per heavy atom. The maximum atomic E-state index is 11.9. The van der Waals surface area contributed by atoms with E-state index in [1.54, 1.807) is 14.1 Å². The molecule has 4 fully saturated rings. The van der Waals surface area contributed by atoms with Crippen molar-refractivity contribution in [2.75, 3.05) is 14.1 Å². The van der Waals surface area contributed by atoms with Crippen LogP contribution in [0.2, 0.25) is 0 Å². The Labute approximate surface area is 121 Å². The molecule has 4 aliphatic carbocycles. The largest absolute Gasteiger partial charge is 0.359 e. The van der Waals surface area contributed by atoms with Crippen LogP contribution in [0, 0.1) is 22.7 Å². The second-order valence-electron chi connectivity index (χ2n) is 7.66. The molecule has 0 radical (unpaired) electrons. The molecule has 2 N–H and O–H groups in total. The van der Waals surface area contributed by atoms with E-state index in [-0.39, 0.29) is 22.6 Å². The smallest absolute Gasteiger partial charge is 0.220 e. The van der Waals surface area contributed by atoms with Gasteiger partial charge in [-0.1, -0.05) is 0 Å². The van der Waals surface area contributed by atoms with E-state index in [0.717, 1.165) is 18.3 Å². The van der Waals surface area contributed by atoms with Crippen LogP contribution in [0.5, 0.6) is 0 Å². The molecule has 4 saturated carbocycles. The lowest BCUT2D eigenvalue weighted by atomic mass is 9.43. The van der Waals surface area contributed by atoms with Gasteiger partial charge < -0.3 is 10.6 Å². The van der Waals surface area contributed by atoms with Crippen molar-refractivity contribution in [1.29, 1.82) is 0 Å². The van der Waals surface area contributed by atoms with E-state index in [9.17, 15) is 9.59 Å². The van der Waals surface area contributed by atoms with E-state index >= 15 is 0 Å². The van der Waals surface area contributed by atoms with Gasteiger partial charge in [-0.15, -0.1) is 0 Å². The fourth-order valence-electron chi connectivity index (χ4n) is 5.92. The lowest BCUT2D eigenvalue weighted by Crippen LogP contribution is -2.54. The van der Waals surface area contributed by atoms with Gasteiger partial charge in [-0.05, 0) is 61.2 Å². The molecule has 4 heteroatoms. The Hall–Kier alpha value is -1.06. The number of hydrogen-bond acceptors (Lipinski definition) is 2. The molecule has 4 aliphatic rings. The summed E-state index contributed by atoms with van der Waals surface area (Å²) >= 11 is 0. The summed E-state index contributed by atoms with van der Waals surface area (Å²) < 4.78 is 0. The van der Waals surface area contributed by atoms with Gasteiger partial charge in [0.1, 0.15) is 0 Å². The summed E-state index contributed by atoms with van der Waals surface area (Å²) in [5, 5.41) is 5.57. The molecule has 0 aromatic rings. The third-order valence-corrected chi connectivity index (χ3v) is 5.93. The van der Waals surface area contributed by atoms with Gasteiger partial charge >= 0.3 is 0 Å². The number of hydrogen-bond donors (Lipinski definition) is 2. The Bertz CT molecular complexity index is 382. The second kappa shape index (κ2) is 4.74. The zero-order chi connectivity index (χ0) is 14.4. The highest BCUT2D eigenvalue weighted by molar-refractivity contribution is 5.77. The molecule has 0 spiro atoms. The van der Waals surface area contributed by atoms with Gasteiger partial charge in [-0.25, -0.2) is 0 Å². The van der Waals surface area contributed by atoms with Crippen molar-refractivity contribution in [2.45, 2.75) is 51.4 Å². The van der Waals surface area contributed by atoms with Crippen LogP contribution in [0.25, 0.3) is 0 Å². The lowest BCUT2D eigenvalue weighted by Gasteiger charge is -2.62. The number of amides is 2. The van der Waals surface area contributed by atoms with Crippen molar-refractivity contribution in [1.82, 2.24) is 10.6 Å². The molecular formula is C16H26N2O2. The quantitative estimate of drug-likeness (QED) is 0.824.